The number of hydrogen-bond acceptors (Lipinski definition) is 4. The maximum atomic E-state index is 12.0. The summed E-state index contributed by atoms with van der Waals surface area (Å²) in [6.07, 6.45) is 5.56. The van der Waals surface area contributed by atoms with E-state index >= 15 is 0 Å². The average molecular weight is 410 g/mol. The zero-order chi connectivity index (χ0) is 17.9. The molecule has 0 spiro atoms. The highest BCUT2D eigenvalue weighted by Crippen LogP contribution is 2.13. The van der Waals surface area contributed by atoms with E-state index in [4.69, 9.17) is 17.0 Å². The molecule has 1 aromatic carbocycles. The van der Waals surface area contributed by atoms with Gasteiger partial charge in [0, 0.05) is 11.4 Å². The number of halogens is 1. The number of amides is 1. The molecule has 1 amide bonds. The molecular weight excluding hydrogens is 390 g/mol. The lowest BCUT2D eigenvalue weighted by molar-refractivity contribution is -0.119. The van der Waals surface area contributed by atoms with Crippen LogP contribution >= 0.6 is 28.1 Å². The molecule has 0 fully saturated rings. The minimum atomic E-state index is -0.128. The number of carbonyl (C=O) groups is 2. The lowest BCUT2D eigenvalue weighted by Gasteiger charge is -2.07. The third kappa shape index (κ3) is 8.74. The Morgan fingerprint density at radius 3 is 2.75 bits per heavy atom. The Bertz CT molecular complexity index is 668. The first-order valence-corrected chi connectivity index (χ1v) is 8.62. The molecule has 6 heteroatoms. The topological polar surface area (TPSA) is 55.4 Å². The van der Waals surface area contributed by atoms with Crippen molar-refractivity contribution in [2.45, 2.75) is 20.3 Å². The van der Waals surface area contributed by atoms with Crippen LogP contribution in [0, 0.1) is 0 Å². The lowest BCUT2D eigenvalue weighted by atomic mass is 10.1. The minimum Gasteiger partial charge on any atom is -0.485 e. The van der Waals surface area contributed by atoms with Crippen molar-refractivity contribution in [1.82, 2.24) is 5.32 Å². The molecule has 0 atom stereocenters. The Morgan fingerprint density at radius 2 is 2.08 bits per heavy atom. The number of rotatable bonds is 8. The number of ketones is 1. The van der Waals surface area contributed by atoms with Crippen LogP contribution in [0.25, 0.3) is 6.08 Å². The third-order valence-electron chi connectivity index (χ3n) is 2.97. The van der Waals surface area contributed by atoms with Crippen molar-refractivity contribution in [1.29, 1.82) is 0 Å². The van der Waals surface area contributed by atoms with E-state index in [9.17, 15) is 9.59 Å². The lowest BCUT2D eigenvalue weighted by Crippen LogP contribution is -2.25. The van der Waals surface area contributed by atoms with Crippen LogP contribution in [0.3, 0.4) is 0 Å². The Hall–Kier alpha value is -1.79. The second kappa shape index (κ2) is 10.9. The average Bonchev–Trinajstić information content (AvgIpc) is 2.51. The van der Waals surface area contributed by atoms with Gasteiger partial charge in [-0.1, -0.05) is 46.3 Å². The molecule has 1 aromatic rings. The van der Waals surface area contributed by atoms with Gasteiger partial charge in [-0.25, -0.2) is 0 Å². The van der Waals surface area contributed by atoms with Crippen molar-refractivity contribution >= 4 is 51.0 Å². The van der Waals surface area contributed by atoms with Crippen LogP contribution in [0.5, 0.6) is 0 Å². The number of allylic oxidation sites excluding steroid dienone is 3. The third-order valence-corrected chi connectivity index (χ3v) is 3.72. The largest absolute Gasteiger partial charge is 0.485 e. The molecule has 0 aromatic heterocycles. The van der Waals surface area contributed by atoms with E-state index in [1.54, 1.807) is 13.0 Å². The highest BCUT2D eigenvalue weighted by molar-refractivity contribution is 9.10. The summed E-state index contributed by atoms with van der Waals surface area (Å²) in [7, 11) is 0. The monoisotopic (exact) mass is 409 g/mol. The molecule has 0 aliphatic carbocycles. The number of carbonyl (C=O) groups excluding carboxylic acids is 2. The van der Waals surface area contributed by atoms with Crippen molar-refractivity contribution in [2.24, 2.45) is 0 Å². The van der Waals surface area contributed by atoms with Gasteiger partial charge in [0.2, 0.25) is 5.91 Å². The number of Topliss-reactive ketones (excluding diaryl/α,β-unsaturated/α-hetero) is 1. The molecule has 0 bridgehead atoms. The first-order chi connectivity index (χ1) is 11.4. The van der Waals surface area contributed by atoms with Gasteiger partial charge in [-0.05, 0) is 42.4 Å². The van der Waals surface area contributed by atoms with Gasteiger partial charge in [0.15, 0.2) is 10.8 Å². The van der Waals surface area contributed by atoms with E-state index in [-0.39, 0.29) is 29.8 Å². The minimum absolute atomic E-state index is 0.0580. The molecule has 0 heterocycles. The fourth-order valence-electron chi connectivity index (χ4n) is 1.72. The van der Waals surface area contributed by atoms with Gasteiger partial charge in [0.25, 0.3) is 0 Å². The van der Waals surface area contributed by atoms with E-state index in [1.165, 1.54) is 6.92 Å². The van der Waals surface area contributed by atoms with Gasteiger partial charge in [0.1, 0.15) is 6.61 Å². The van der Waals surface area contributed by atoms with Gasteiger partial charge >= 0.3 is 0 Å². The Morgan fingerprint density at radius 1 is 1.33 bits per heavy atom. The number of hydrogen-bond donors (Lipinski definition) is 1. The molecular formula is C18H20BrNO3S. The van der Waals surface area contributed by atoms with Gasteiger partial charge in [-0.15, -0.1) is 0 Å². The SMILES string of the molecule is CC(=O)NCCOC(=S)CC(=O)/C(C)=C/C=C/c1cccc(Br)c1. The van der Waals surface area contributed by atoms with Gasteiger partial charge in [0.05, 0.1) is 13.0 Å². The van der Waals surface area contributed by atoms with Crippen molar-refractivity contribution in [3.63, 3.8) is 0 Å². The van der Waals surface area contributed by atoms with Crippen LogP contribution in [0.15, 0.2) is 46.5 Å². The molecule has 0 radical (unpaired) electrons. The molecule has 0 saturated carbocycles. The molecule has 24 heavy (non-hydrogen) atoms. The highest BCUT2D eigenvalue weighted by atomic mass is 79.9. The Kier molecular flexibility index (Phi) is 9.19. The van der Waals surface area contributed by atoms with E-state index in [2.05, 4.69) is 21.2 Å². The standard InChI is InChI=1S/C18H20BrNO3S/c1-13(5-3-6-15-7-4-8-16(19)11-15)17(22)12-18(24)23-10-9-20-14(2)21/h3-8,11H,9-10,12H2,1-2H3,(H,20,21)/b6-3+,13-5+. The first kappa shape index (κ1) is 20.3. The molecule has 1 N–H and O–H groups in total. The summed E-state index contributed by atoms with van der Waals surface area (Å²) >= 11 is 8.44. The van der Waals surface area contributed by atoms with E-state index < -0.39 is 0 Å². The summed E-state index contributed by atoms with van der Waals surface area (Å²) in [6, 6.07) is 7.86. The Balaban J connectivity index is 2.43. The first-order valence-electron chi connectivity index (χ1n) is 7.42. The van der Waals surface area contributed by atoms with Crippen LogP contribution in [-0.4, -0.2) is 29.9 Å². The number of nitrogens with one attached hydrogen (secondary N) is 1. The van der Waals surface area contributed by atoms with Gasteiger partial charge < -0.3 is 10.1 Å². The zero-order valence-electron chi connectivity index (χ0n) is 13.7. The molecule has 0 aliphatic rings. The highest BCUT2D eigenvalue weighted by Gasteiger charge is 2.08. The quantitative estimate of drug-likeness (QED) is 0.306. The summed E-state index contributed by atoms with van der Waals surface area (Å²) in [5, 5.41) is 2.82. The van der Waals surface area contributed by atoms with Crippen molar-refractivity contribution in [3.05, 3.63) is 52.0 Å². The van der Waals surface area contributed by atoms with Crippen LogP contribution in [-0.2, 0) is 14.3 Å². The summed E-state index contributed by atoms with van der Waals surface area (Å²) in [4.78, 5) is 22.8. The maximum Gasteiger partial charge on any atom is 0.216 e. The summed E-state index contributed by atoms with van der Waals surface area (Å²) in [6.45, 7) is 3.80. The Labute approximate surface area is 156 Å². The smallest absolute Gasteiger partial charge is 0.216 e. The van der Waals surface area contributed by atoms with E-state index in [0.29, 0.717) is 12.1 Å². The molecule has 1 rings (SSSR count). The maximum absolute atomic E-state index is 12.0. The summed E-state index contributed by atoms with van der Waals surface area (Å²) in [5.41, 5.74) is 1.65. The zero-order valence-corrected chi connectivity index (χ0v) is 16.1. The van der Waals surface area contributed by atoms with Crippen molar-refractivity contribution in [2.75, 3.05) is 13.2 Å². The molecule has 0 aliphatic heterocycles. The second-order valence-corrected chi connectivity index (χ2v) is 6.44. The van der Waals surface area contributed by atoms with Crippen LogP contribution in [0.1, 0.15) is 25.8 Å². The predicted octanol–water partition coefficient (Wildman–Crippen LogP) is 3.85. The molecule has 0 unspecified atom stereocenters. The molecule has 128 valence electrons. The van der Waals surface area contributed by atoms with Crippen LogP contribution < -0.4 is 5.32 Å². The summed E-state index contributed by atoms with van der Waals surface area (Å²) in [5.74, 6) is -0.213. The van der Waals surface area contributed by atoms with E-state index in [1.807, 2.05) is 36.4 Å². The molecule has 4 nitrogen and oxygen atoms in total. The van der Waals surface area contributed by atoms with E-state index in [0.717, 1.165) is 10.0 Å². The normalized spacial score (nSPS) is 11.4. The van der Waals surface area contributed by atoms with Crippen LogP contribution in [0.2, 0.25) is 0 Å². The van der Waals surface area contributed by atoms with Crippen LogP contribution in [0.4, 0.5) is 0 Å². The predicted molar refractivity (Wildman–Crippen MR) is 104 cm³/mol. The number of benzene rings is 1. The molecule has 0 saturated heterocycles. The number of ether oxygens (including phenoxy) is 1. The fraction of sp³-hybridized carbons (Fsp3) is 0.278. The van der Waals surface area contributed by atoms with Crippen molar-refractivity contribution < 1.29 is 14.3 Å². The second-order valence-electron chi connectivity index (χ2n) is 5.07. The van der Waals surface area contributed by atoms with Gasteiger partial charge in [-0.2, -0.15) is 0 Å². The number of thiocarbonyl (C=S) groups is 1. The fourth-order valence-corrected chi connectivity index (χ4v) is 2.35. The van der Waals surface area contributed by atoms with Crippen molar-refractivity contribution in [3.8, 4) is 0 Å². The summed E-state index contributed by atoms with van der Waals surface area (Å²) < 4.78 is 6.25. The van der Waals surface area contributed by atoms with Gasteiger partial charge in [-0.3, -0.25) is 9.59 Å².